The van der Waals surface area contributed by atoms with Gasteiger partial charge in [0.15, 0.2) is 0 Å². The summed E-state index contributed by atoms with van der Waals surface area (Å²) in [6, 6.07) is -0.782. The zero-order valence-corrected chi connectivity index (χ0v) is 10.8. The lowest BCUT2D eigenvalue weighted by atomic mass is 9.91. The van der Waals surface area contributed by atoms with Gasteiger partial charge in [0, 0.05) is 13.0 Å². The van der Waals surface area contributed by atoms with Gasteiger partial charge in [0.2, 0.25) is 5.91 Å². The third-order valence-electron chi connectivity index (χ3n) is 3.33. The molecule has 0 aromatic heterocycles. The van der Waals surface area contributed by atoms with E-state index in [4.69, 9.17) is 9.84 Å². The third-order valence-corrected chi connectivity index (χ3v) is 3.33. The summed E-state index contributed by atoms with van der Waals surface area (Å²) in [5, 5.41) is 8.89. The maximum atomic E-state index is 12.1. The molecule has 5 nitrogen and oxygen atoms in total. The molecule has 17 heavy (non-hydrogen) atoms. The highest BCUT2D eigenvalue weighted by atomic mass is 16.5. The van der Waals surface area contributed by atoms with Gasteiger partial charge in [-0.25, -0.2) is 4.79 Å². The molecule has 0 saturated carbocycles. The Morgan fingerprint density at radius 1 is 1.29 bits per heavy atom. The van der Waals surface area contributed by atoms with E-state index in [0.717, 1.165) is 0 Å². The molecule has 5 heteroatoms. The molecule has 0 spiro atoms. The highest BCUT2D eigenvalue weighted by molar-refractivity contribution is 5.84. The van der Waals surface area contributed by atoms with Gasteiger partial charge in [-0.1, -0.05) is 0 Å². The largest absolute Gasteiger partial charge is 0.480 e. The summed E-state index contributed by atoms with van der Waals surface area (Å²) in [6.45, 7) is 5.40. The number of hydrogen-bond acceptors (Lipinski definition) is 3. The number of rotatable bonds is 3. The van der Waals surface area contributed by atoms with Gasteiger partial charge in [-0.05, 0) is 33.6 Å². The molecule has 0 radical (unpaired) electrons. The summed E-state index contributed by atoms with van der Waals surface area (Å²) in [5.41, 5.74) is 0. The fourth-order valence-corrected chi connectivity index (χ4v) is 2.25. The lowest BCUT2D eigenvalue weighted by Gasteiger charge is -2.34. The molecule has 1 rings (SSSR count). The van der Waals surface area contributed by atoms with E-state index < -0.39 is 12.0 Å². The van der Waals surface area contributed by atoms with Crippen LogP contribution < -0.4 is 0 Å². The van der Waals surface area contributed by atoms with E-state index >= 15 is 0 Å². The van der Waals surface area contributed by atoms with Crippen LogP contribution in [0.2, 0.25) is 0 Å². The predicted octanol–water partition coefficient (Wildman–Crippen LogP) is 1.12. The highest BCUT2D eigenvalue weighted by Gasteiger charge is 2.33. The van der Waals surface area contributed by atoms with E-state index in [9.17, 15) is 9.59 Å². The first-order valence-electron chi connectivity index (χ1n) is 5.97. The molecule has 1 aliphatic rings. The SMILES string of the molecule is CC1CC(C(=O)N(C)C(C)C(=O)O)CC(C)O1. The lowest BCUT2D eigenvalue weighted by molar-refractivity contribution is -0.153. The second-order valence-corrected chi connectivity index (χ2v) is 4.89. The average molecular weight is 243 g/mol. The molecule has 0 aromatic rings. The Bertz CT molecular complexity index is 295. The van der Waals surface area contributed by atoms with E-state index in [1.54, 1.807) is 7.05 Å². The van der Waals surface area contributed by atoms with Crippen LogP contribution in [0.3, 0.4) is 0 Å². The number of carboxylic acids is 1. The molecule has 3 atom stereocenters. The fraction of sp³-hybridized carbons (Fsp3) is 0.833. The minimum absolute atomic E-state index is 0.0567. The van der Waals surface area contributed by atoms with Gasteiger partial charge in [-0.3, -0.25) is 4.79 Å². The third kappa shape index (κ3) is 3.43. The number of carbonyl (C=O) groups excluding carboxylic acids is 1. The second-order valence-electron chi connectivity index (χ2n) is 4.89. The Hall–Kier alpha value is -1.10. The first-order valence-corrected chi connectivity index (χ1v) is 5.97. The van der Waals surface area contributed by atoms with E-state index in [2.05, 4.69) is 0 Å². The molecule has 1 amide bonds. The van der Waals surface area contributed by atoms with Crippen LogP contribution in [0.1, 0.15) is 33.6 Å². The predicted molar refractivity (Wildman–Crippen MR) is 62.6 cm³/mol. The molecule has 0 aromatic carbocycles. The Kier molecular flexibility index (Phi) is 4.51. The van der Waals surface area contributed by atoms with Crippen molar-refractivity contribution in [1.29, 1.82) is 0 Å². The van der Waals surface area contributed by atoms with Crippen LogP contribution in [0.25, 0.3) is 0 Å². The average Bonchev–Trinajstić information content (AvgIpc) is 2.24. The fourth-order valence-electron chi connectivity index (χ4n) is 2.25. The van der Waals surface area contributed by atoms with Gasteiger partial charge in [0.25, 0.3) is 0 Å². The molecular weight excluding hydrogens is 222 g/mol. The first kappa shape index (κ1) is 14.0. The normalized spacial score (nSPS) is 30.7. The van der Waals surface area contributed by atoms with E-state index in [-0.39, 0.29) is 24.0 Å². The van der Waals surface area contributed by atoms with Gasteiger partial charge in [-0.15, -0.1) is 0 Å². The molecule has 3 unspecified atom stereocenters. The molecule has 1 fully saturated rings. The summed E-state index contributed by atoms with van der Waals surface area (Å²) in [7, 11) is 1.55. The van der Waals surface area contributed by atoms with Crippen LogP contribution in [0.5, 0.6) is 0 Å². The first-order chi connectivity index (χ1) is 7.82. The van der Waals surface area contributed by atoms with Crippen molar-refractivity contribution in [3.8, 4) is 0 Å². The second kappa shape index (κ2) is 5.49. The van der Waals surface area contributed by atoms with Crippen molar-refractivity contribution < 1.29 is 19.4 Å². The van der Waals surface area contributed by atoms with Crippen molar-refractivity contribution in [3.05, 3.63) is 0 Å². The van der Waals surface area contributed by atoms with Crippen LogP contribution >= 0.6 is 0 Å². The molecule has 1 N–H and O–H groups in total. The van der Waals surface area contributed by atoms with Crippen molar-refractivity contribution in [2.24, 2.45) is 5.92 Å². The Morgan fingerprint density at radius 3 is 2.18 bits per heavy atom. The molecule has 1 aliphatic heterocycles. The van der Waals surface area contributed by atoms with Gasteiger partial charge in [-0.2, -0.15) is 0 Å². The molecular formula is C12H21NO4. The standard InChI is InChI=1S/C12H21NO4/c1-7-5-10(6-8(2)17-7)11(14)13(4)9(3)12(15)16/h7-10H,5-6H2,1-4H3,(H,15,16). The minimum atomic E-state index is -0.978. The summed E-state index contributed by atoms with van der Waals surface area (Å²) in [6.07, 6.45) is 1.45. The summed E-state index contributed by atoms with van der Waals surface area (Å²) >= 11 is 0. The minimum Gasteiger partial charge on any atom is -0.480 e. The van der Waals surface area contributed by atoms with Crippen molar-refractivity contribution in [1.82, 2.24) is 4.90 Å². The molecule has 98 valence electrons. The number of aliphatic carboxylic acids is 1. The van der Waals surface area contributed by atoms with Crippen molar-refractivity contribution in [3.63, 3.8) is 0 Å². The van der Waals surface area contributed by atoms with E-state index in [1.165, 1.54) is 11.8 Å². The number of nitrogens with zero attached hydrogens (tertiary/aromatic N) is 1. The maximum absolute atomic E-state index is 12.1. The van der Waals surface area contributed by atoms with Crippen molar-refractivity contribution in [2.45, 2.75) is 51.9 Å². The number of carboxylic acid groups (broad SMARTS) is 1. The van der Waals surface area contributed by atoms with Gasteiger partial charge in [0.05, 0.1) is 12.2 Å². The number of likely N-dealkylation sites (N-methyl/N-ethyl adjacent to an activating group) is 1. The van der Waals surface area contributed by atoms with Crippen molar-refractivity contribution in [2.75, 3.05) is 7.05 Å². The Balaban J connectivity index is 2.65. The maximum Gasteiger partial charge on any atom is 0.326 e. The van der Waals surface area contributed by atoms with Crippen LogP contribution in [-0.4, -0.2) is 47.2 Å². The van der Waals surface area contributed by atoms with Crippen LogP contribution in [0.15, 0.2) is 0 Å². The summed E-state index contributed by atoms with van der Waals surface area (Å²) in [5.74, 6) is -1.20. The van der Waals surface area contributed by atoms with Crippen molar-refractivity contribution >= 4 is 11.9 Å². The monoisotopic (exact) mass is 243 g/mol. The van der Waals surface area contributed by atoms with Crippen LogP contribution in [0.4, 0.5) is 0 Å². The quantitative estimate of drug-likeness (QED) is 0.806. The van der Waals surface area contributed by atoms with E-state index in [0.29, 0.717) is 12.8 Å². The molecule has 0 aliphatic carbocycles. The lowest BCUT2D eigenvalue weighted by Crippen LogP contribution is -2.46. The number of ether oxygens (including phenoxy) is 1. The Labute approximate surface area is 102 Å². The highest BCUT2D eigenvalue weighted by Crippen LogP contribution is 2.26. The number of amides is 1. The summed E-state index contributed by atoms with van der Waals surface area (Å²) < 4.78 is 5.57. The van der Waals surface area contributed by atoms with Crippen LogP contribution in [-0.2, 0) is 14.3 Å². The number of carbonyl (C=O) groups is 2. The zero-order chi connectivity index (χ0) is 13.2. The number of hydrogen-bond donors (Lipinski definition) is 1. The smallest absolute Gasteiger partial charge is 0.326 e. The summed E-state index contributed by atoms with van der Waals surface area (Å²) in [4.78, 5) is 24.3. The van der Waals surface area contributed by atoms with Crippen LogP contribution in [0, 0.1) is 5.92 Å². The molecule has 1 heterocycles. The zero-order valence-electron chi connectivity index (χ0n) is 10.8. The topological polar surface area (TPSA) is 66.8 Å². The molecule has 0 bridgehead atoms. The van der Waals surface area contributed by atoms with Gasteiger partial charge >= 0.3 is 5.97 Å². The van der Waals surface area contributed by atoms with Gasteiger partial charge < -0.3 is 14.7 Å². The van der Waals surface area contributed by atoms with E-state index in [1.807, 2.05) is 13.8 Å². The Morgan fingerprint density at radius 2 is 1.76 bits per heavy atom. The molecule has 1 saturated heterocycles. The van der Waals surface area contributed by atoms with Gasteiger partial charge in [0.1, 0.15) is 6.04 Å².